The third-order valence-electron chi connectivity index (χ3n) is 2.35. The number of hydrogen-bond acceptors (Lipinski definition) is 3. The number of amides is 1. The highest BCUT2D eigenvalue weighted by molar-refractivity contribution is 14.1. The van der Waals surface area contributed by atoms with Crippen LogP contribution in [0.25, 0.3) is 0 Å². The highest BCUT2D eigenvalue weighted by atomic mass is 127. The zero-order valence-electron chi connectivity index (χ0n) is 11.9. The fourth-order valence-corrected chi connectivity index (χ4v) is 2.79. The van der Waals surface area contributed by atoms with Crippen LogP contribution in [0.5, 0.6) is 0 Å². The topological polar surface area (TPSA) is 75.6 Å². The fraction of sp³-hybridized carbons (Fsp3) is 0.429. The van der Waals surface area contributed by atoms with E-state index in [4.69, 9.17) is 16.3 Å². The molecule has 1 atom stereocenters. The van der Waals surface area contributed by atoms with Crippen LogP contribution in [-0.4, -0.2) is 28.8 Å². The monoisotopic (exact) mass is 425 g/mol. The Hall–Kier alpha value is -1.02. The van der Waals surface area contributed by atoms with Crippen molar-refractivity contribution in [3.63, 3.8) is 0 Å². The van der Waals surface area contributed by atoms with E-state index in [1.165, 1.54) is 0 Å². The lowest BCUT2D eigenvalue weighted by Crippen LogP contribution is -2.44. The van der Waals surface area contributed by atoms with Crippen molar-refractivity contribution < 1.29 is 19.4 Å². The molecule has 2 N–H and O–H groups in total. The minimum absolute atomic E-state index is 0.130. The summed E-state index contributed by atoms with van der Waals surface area (Å²) in [6, 6.07) is 4.19. The SMILES string of the molecule is CC(C)(C)OC(=O)N[C@@H](Cc1cc(Cl)cc(I)c1)C(=O)O. The van der Waals surface area contributed by atoms with Crippen molar-refractivity contribution in [1.29, 1.82) is 0 Å². The Balaban J connectivity index is 2.78. The van der Waals surface area contributed by atoms with Crippen molar-refractivity contribution in [2.45, 2.75) is 38.8 Å². The number of carboxylic acids is 1. The molecule has 1 aromatic carbocycles. The van der Waals surface area contributed by atoms with Gasteiger partial charge < -0.3 is 15.2 Å². The van der Waals surface area contributed by atoms with Gasteiger partial charge in [-0.1, -0.05) is 11.6 Å². The quantitative estimate of drug-likeness (QED) is 0.725. The molecule has 1 aromatic rings. The summed E-state index contributed by atoms with van der Waals surface area (Å²) in [5.74, 6) is -1.13. The van der Waals surface area contributed by atoms with E-state index < -0.39 is 23.7 Å². The number of alkyl carbamates (subject to hydrolysis) is 1. The molecule has 5 nitrogen and oxygen atoms in total. The van der Waals surface area contributed by atoms with Crippen molar-refractivity contribution in [1.82, 2.24) is 5.32 Å². The van der Waals surface area contributed by atoms with Crippen LogP contribution in [0.15, 0.2) is 18.2 Å². The summed E-state index contributed by atoms with van der Waals surface area (Å²) < 4.78 is 5.96. The fourth-order valence-electron chi connectivity index (χ4n) is 1.61. The van der Waals surface area contributed by atoms with Crippen LogP contribution in [0.1, 0.15) is 26.3 Å². The van der Waals surface area contributed by atoms with E-state index in [2.05, 4.69) is 27.9 Å². The number of benzene rings is 1. The highest BCUT2D eigenvalue weighted by Crippen LogP contribution is 2.18. The Kier molecular flexibility index (Phi) is 6.27. The second-order valence-corrected chi connectivity index (χ2v) is 7.20. The van der Waals surface area contributed by atoms with E-state index in [-0.39, 0.29) is 6.42 Å². The standard InChI is InChI=1S/C14H17ClINO4/c1-14(2,3)21-13(20)17-11(12(18)19)6-8-4-9(15)7-10(16)5-8/h4-5,7,11H,6H2,1-3H3,(H,17,20)(H,18,19)/t11-/m0/s1. The summed E-state index contributed by atoms with van der Waals surface area (Å²) in [5.41, 5.74) is 0.0498. The molecular weight excluding hydrogens is 409 g/mol. The Labute approximate surface area is 142 Å². The number of aliphatic carboxylic acids is 1. The van der Waals surface area contributed by atoms with E-state index in [0.717, 1.165) is 9.13 Å². The van der Waals surface area contributed by atoms with Crippen molar-refractivity contribution in [2.75, 3.05) is 0 Å². The van der Waals surface area contributed by atoms with Gasteiger partial charge in [-0.2, -0.15) is 0 Å². The molecular formula is C14H17ClINO4. The molecule has 0 aliphatic rings. The Morgan fingerprint density at radius 3 is 2.48 bits per heavy atom. The largest absolute Gasteiger partial charge is 0.480 e. The molecule has 0 saturated carbocycles. The zero-order chi connectivity index (χ0) is 16.2. The molecule has 0 unspecified atom stereocenters. The predicted octanol–water partition coefficient (Wildman–Crippen LogP) is 3.47. The molecule has 1 rings (SSSR count). The van der Waals surface area contributed by atoms with Gasteiger partial charge in [-0.15, -0.1) is 0 Å². The van der Waals surface area contributed by atoms with Gasteiger partial charge in [-0.05, 0) is 67.1 Å². The molecule has 1 amide bonds. The maximum atomic E-state index is 11.7. The molecule has 0 aliphatic heterocycles. The van der Waals surface area contributed by atoms with E-state index in [0.29, 0.717) is 5.02 Å². The molecule has 0 spiro atoms. The molecule has 7 heteroatoms. The first-order valence-electron chi connectivity index (χ1n) is 6.24. The van der Waals surface area contributed by atoms with Crippen molar-refractivity contribution in [3.8, 4) is 0 Å². The van der Waals surface area contributed by atoms with Gasteiger partial charge in [0.1, 0.15) is 11.6 Å². The summed E-state index contributed by atoms with van der Waals surface area (Å²) in [5, 5.41) is 12.1. The first-order chi connectivity index (χ1) is 9.56. The van der Waals surface area contributed by atoms with Gasteiger partial charge in [0.2, 0.25) is 0 Å². The summed E-state index contributed by atoms with van der Waals surface area (Å²) in [6.07, 6.45) is -0.628. The lowest BCUT2D eigenvalue weighted by Gasteiger charge is -2.22. The zero-order valence-corrected chi connectivity index (χ0v) is 14.9. The number of carbonyl (C=O) groups excluding carboxylic acids is 1. The molecule has 0 heterocycles. The molecule has 0 bridgehead atoms. The highest BCUT2D eigenvalue weighted by Gasteiger charge is 2.24. The average molecular weight is 426 g/mol. The summed E-state index contributed by atoms with van der Waals surface area (Å²) in [7, 11) is 0. The van der Waals surface area contributed by atoms with Crippen LogP contribution < -0.4 is 5.32 Å². The van der Waals surface area contributed by atoms with E-state index >= 15 is 0 Å². The summed E-state index contributed by atoms with van der Waals surface area (Å²) >= 11 is 8.04. The summed E-state index contributed by atoms with van der Waals surface area (Å²) in [4.78, 5) is 22.9. The number of halogens is 2. The first-order valence-corrected chi connectivity index (χ1v) is 7.70. The Morgan fingerprint density at radius 2 is 2.00 bits per heavy atom. The van der Waals surface area contributed by atoms with E-state index in [1.54, 1.807) is 32.9 Å². The van der Waals surface area contributed by atoms with Gasteiger partial charge in [0.05, 0.1) is 0 Å². The van der Waals surface area contributed by atoms with E-state index in [1.807, 2.05) is 6.07 Å². The molecule has 0 saturated heterocycles. The van der Waals surface area contributed by atoms with Crippen molar-refractivity contribution in [2.24, 2.45) is 0 Å². The lowest BCUT2D eigenvalue weighted by atomic mass is 10.1. The van der Waals surface area contributed by atoms with E-state index in [9.17, 15) is 14.7 Å². The number of carbonyl (C=O) groups is 2. The number of carboxylic acid groups (broad SMARTS) is 1. The Morgan fingerprint density at radius 1 is 1.38 bits per heavy atom. The smallest absolute Gasteiger partial charge is 0.408 e. The van der Waals surface area contributed by atoms with Crippen LogP contribution >= 0.6 is 34.2 Å². The minimum Gasteiger partial charge on any atom is -0.480 e. The third-order valence-corrected chi connectivity index (χ3v) is 3.19. The van der Waals surface area contributed by atoms with Gasteiger partial charge in [0.25, 0.3) is 0 Å². The van der Waals surface area contributed by atoms with Crippen LogP contribution in [0, 0.1) is 3.57 Å². The van der Waals surface area contributed by atoms with Crippen LogP contribution in [0.4, 0.5) is 4.79 Å². The van der Waals surface area contributed by atoms with Gasteiger partial charge in [-0.25, -0.2) is 9.59 Å². The summed E-state index contributed by atoms with van der Waals surface area (Å²) in [6.45, 7) is 5.13. The van der Waals surface area contributed by atoms with Crippen LogP contribution in [-0.2, 0) is 16.0 Å². The average Bonchev–Trinajstić information content (AvgIpc) is 2.23. The Bertz CT molecular complexity index is 522. The van der Waals surface area contributed by atoms with Gasteiger partial charge >= 0.3 is 12.1 Å². The maximum Gasteiger partial charge on any atom is 0.408 e. The molecule has 0 fully saturated rings. The maximum absolute atomic E-state index is 11.7. The number of ether oxygens (including phenoxy) is 1. The number of rotatable bonds is 4. The van der Waals surface area contributed by atoms with Crippen molar-refractivity contribution >= 4 is 46.3 Å². The molecule has 21 heavy (non-hydrogen) atoms. The van der Waals surface area contributed by atoms with Crippen LogP contribution in [0.2, 0.25) is 5.02 Å². The first kappa shape index (κ1) is 18.0. The second-order valence-electron chi connectivity index (χ2n) is 5.52. The van der Waals surface area contributed by atoms with Gasteiger partial charge in [0, 0.05) is 15.0 Å². The number of hydrogen-bond donors (Lipinski definition) is 2. The lowest BCUT2D eigenvalue weighted by molar-refractivity contribution is -0.139. The predicted molar refractivity (Wildman–Crippen MR) is 88.7 cm³/mol. The molecule has 0 aliphatic carbocycles. The third kappa shape index (κ3) is 6.99. The van der Waals surface area contributed by atoms with Crippen LogP contribution in [0.3, 0.4) is 0 Å². The van der Waals surface area contributed by atoms with Crippen molar-refractivity contribution in [3.05, 3.63) is 32.4 Å². The second kappa shape index (κ2) is 7.31. The molecule has 116 valence electrons. The molecule has 0 aromatic heterocycles. The van der Waals surface area contributed by atoms with Gasteiger partial charge in [-0.3, -0.25) is 0 Å². The molecule has 0 radical (unpaired) electrons. The normalized spacial score (nSPS) is 12.6. The van der Waals surface area contributed by atoms with Gasteiger partial charge in [0.15, 0.2) is 0 Å². The minimum atomic E-state index is -1.13. The number of nitrogens with one attached hydrogen (secondary N) is 1.